The van der Waals surface area contributed by atoms with Gasteiger partial charge in [0.15, 0.2) is 0 Å². The van der Waals surface area contributed by atoms with Crippen molar-refractivity contribution in [2.45, 2.75) is 12.0 Å². The van der Waals surface area contributed by atoms with Crippen LogP contribution in [0, 0.1) is 11.6 Å². The van der Waals surface area contributed by atoms with Crippen molar-refractivity contribution >= 4 is 11.7 Å². The van der Waals surface area contributed by atoms with Gasteiger partial charge in [0.05, 0.1) is 12.1 Å². The van der Waals surface area contributed by atoms with Crippen molar-refractivity contribution in [3.05, 3.63) is 134 Å². The number of carbonyl (C=O) groups excluding carboxylic acids is 1. The molecule has 1 amide bonds. The molecule has 0 spiro atoms. The fraction of sp³-hybridized carbons (Fsp3) is 0.0800. The summed E-state index contributed by atoms with van der Waals surface area (Å²) in [6, 6.07) is 20.4. The summed E-state index contributed by atoms with van der Waals surface area (Å²) in [6.07, 6.45) is 0. The van der Waals surface area contributed by atoms with E-state index >= 15 is 0 Å². The minimum atomic E-state index is -1.52. The zero-order valence-electron chi connectivity index (χ0n) is 17.1. The Hall–Kier alpha value is -4.33. The number of benzene rings is 3. The Morgan fingerprint density at radius 3 is 1.88 bits per heavy atom. The largest absolute Gasteiger partial charge is 0.330 e. The molecule has 0 unspecified atom stereocenters. The van der Waals surface area contributed by atoms with Crippen LogP contribution in [-0.4, -0.2) is 15.5 Å². The topological polar surface area (TPSA) is 84.0 Å². The first kappa shape index (κ1) is 20.6. The third-order valence-electron chi connectivity index (χ3n) is 5.82. The summed E-state index contributed by atoms with van der Waals surface area (Å²) < 4.78 is 28.6. The Morgan fingerprint density at radius 2 is 1.33 bits per heavy atom. The molecule has 1 aromatic heterocycles. The van der Waals surface area contributed by atoms with Gasteiger partial charge in [0, 0.05) is 6.07 Å². The average molecular weight is 445 g/mol. The Morgan fingerprint density at radius 1 is 0.788 bits per heavy atom. The van der Waals surface area contributed by atoms with E-state index in [1.165, 1.54) is 0 Å². The van der Waals surface area contributed by atoms with Crippen LogP contribution in [-0.2, 0) is 16.8 Å². The van der Waals surface area contributed by atoms with Gasteiger partial charge in [-0.15, -0.1) is 0 Å². The summed E-state index contributed by atoms with van der Waals surface area (Å²) in [6.45, 7) is -0.257. The molecule has 3 aromatic carbocycles. The SMILES string of the molecule is O=C1Nc2c(c(=O)[nH]c(=O)n2Cc2cc(F)cc(F)c2)C1(c1ccccc1)c1ccccc1. The van der Waals surface area contributed by atoms with E-state index in [0.717, 1.165) is 22.8 Å². The number of anilines is 1. The molecular formula is C25H17F2N3O3. The maximum atomic E-state index is 13.7. The molecule has 5 rings (SSSR count). The second-order valence-electron chi connectivity index (χ2n) is 7.78. The van der Waals surface area contributed by atoms with Gasteiger partial charge in [0.2, 0.25) is 5.91 Å². The van der Waals surface area contributed by atoms with E-state index in [4.69, 9.17) is 0 Å². The van der Waals surface area contributed by atoms with Crippen LogP contribution in [0.5, 0.6) is 0 Å². The number of fused-ring (bicyclic) bond motifs is 1. The van der Waals surface area contributed by atoms with Gasteiger partial charge in [0.25, 0.3) is 5.56 Å². The lowest BCUT2D eigenvalue weighted by atomic mass is 9.71. The molecule has 0 radical (unpaired) electrons. The zero-order valence-corrected chi connectivity index (χ0v) is 17.1. The predicted molar refractivity (Wildman–Crippen MR) is 118 cm³/mol. The summed E-state index contributed by atoms with van der Waals surface area (Å²) in [5, 5.41) is 2.70. The fourth-order valence-electron chi connectivity index (χ4n) is 4.49. The molecule has 33 heavy (non-hydrogen) atoms. The number of aromatic amines is 1. The van der Waals surface area contributed by atoms with E-state index in [-0.39, 0.29) is 23.5 Å². The number of nitrogens with zero attached hydrogens (tertiary/aromatic N) is 1. The van der Waals surface area contributed by atoms with Crippen LogP contribution in [0.2, 0.25) is 0 Å². The highest BCUT2D eigenvalue weighted by Crippen LogP contribution is 2.45. The minimum absolute atomic E-state index is 0.00822. The van der Waals surface area contributed by atoms with Gasteiger partial charge in [-0.1, -0.05) is 60.7 Å². The third kappa shape index (κ3) is 3.18. The second-order valence-corrected chi connectivity index (χ2v) is 7.78. The number of rotatable bonds is 4. The van der Waals surface area contributed by atoms with E-state index in [9.17, 15) is 23.2 Å². The highest BCUT2D eigenvalue weighted by Gasteiger charge is 2.53. The molecule has 0 saturated carbocycles. The first-order valence-electron chi connectivity index (χ1n) is 10.2. The summed E-state index contributed by atoms with van der Waals surface area (Å²) in [7, 11) is 0. The van der Waals surface area contributed by atoms with Gasteiger partial charge in [-0.3, -0.25) is 19.1 Å². The number of amides is 1. The Kier molecular flexibility index (Phi) is 4.78. The zero-order chi connectivity index (χ0) is 23.2. The monoisotopic (exact) mass is 445 g/mol. The van der Waals surface area contributed by atoms with Crippen molar-refractivity contribution in [1.82, 2.24) is 9.55 Å². The molecule has 8 heteroatoms. The molecule has 4 aromatic rings. The molecular weight excluding hydrogens is 428 g/mol. The van der Waals surface area contributed by atoms with Gasteiger partial charge in [0.1, 0.15) is 22.9 Å². The van der Waals surface area contributed by atoms with Crippen molar-refractivity contribution in [1.29, 1.82) is 0 Å². The number of hydrogen-bond acceptors (Lipinski definition) is 3. The highest BCUT2D eigenvalue weighted by atomic mass is 19.1. The summed E-state index contributed by atoms with van der Waals surface area (Å²) in [4.78, 5) is 41.8. The van der Waals surface area contributed by atoms with Gasteiger partial charge in [-0.25, -0.2) is 13.6 Å². The van der Waals surface area contributed by atoms with Crippen molar-refractivity contribution in [3.8, 4) is 0 Å². The van der Waals surface area contributed by atoms with Gasteiger partial charge in [-0.05, 0) is 28.8 Å². The summed E-state index contributed by atoms with van der Waals surface area (Å²) in [5.74, 6) is -2.12. The lowest BCUT2D eigenvalue weighted by Gasteiger charge is -2.28. The molecule has 0 saturated heterocycles. The number of aromatic nitrogens is 2. The fourth-order valence-corrected chi connectivity index (χ4v) is 4.49. The van der Waals surface area contributed by atoms with Crippen molar-refractivity contribution in [2.24, 2.45) is 0 Å². The molecule has 2 N–H and O–H groups in total. The quantitative estimate of drug-likeness (QED) is 0.506. The lowest BCUT2D eigenvalue weighted by Crippen LogP contribution is -2.41. The number of carbonyl (C=O) groups is 1. The molecule has 2 heterocycles. The van der Waals surface area contributed by atoms with E-state index in [1.54, 1.807) is 60.7 Å². The number of H-pyrrole nitrogens is 1. The molecule has 1 aliphatic heterocycles. The summed E-state index contributed by atoms with van der Waals surface area (Å²) >= 11 is 0. The molecule has 6 nitrogen and oxygen atoms in total. The normalized spacial score (nSPS) is 14.1. The highest BCUT2D eigenvalue weighted by molar-refractivity contribution is 6.10. The van der Waals surface area contributed by atoms with Crippen LogP contribution < -0.4 is 16.6 Å². The molecule has 0 aliphatic carbocycles. The smallest absolute Gasteiger partial charge is 0.310 e. The first-order chi connectivity index (χ1) is 15.9. The van der Waals surface area contributed by atoms with Crippen LogP contribution in [0.1, 0.15) is 22.3 Å². The van der Waals surface area contributed by atoms with Gasteiger partial charge < -0.3 is 5.32 Å². The van der Waals surface area contributed by atoms with Gasteiger partial charge in [-0.2, -0.15) is 0 Å². The standard InChI is InChI=1S/C25H17F2N3O3/c26-18-11-15(12-19(27)13-18)14-30-21-20(22(31)29-24(30)33)25(23(32)28-21,16-7-3-1-4-8-16)17-9-5-2-6-10-17/h1-13H,14H2,(H,28,32)(H,29,31,33). The van der Waals surface area contributed by atoms with E-state index < -0.39 is 34.2 Å². The van der Waals surface area contributed by atoms with Crippen LogP contribution in [0.4, 0.5) is 14.6 Å². The number of hydrogen-bond donors (Lipinski definition) is 2. The summed E-state index contributed by atoms with van der Waals surface area (Å²) in [5.41, 5.74) is -1.76. The predicted octanol–water partition coefficient (Wildman–Crippen LogP) is 3.15. The minimum Gasteiger partial charge on any atom is -0.310 e. The van der Waals surface area contributed by atoms with Crippen molar-refractivity contribution < 1.29 is 13.6 Å². The van der Waals surface area contributed by atoms with Crippen molar-refractivity contribution in [2.75, 3.05) is 5.32 Å². The molecule has 1 aliphatic rings. The van der Waals surface area contributed by atoms with Gasteiger partial charge >= 0.3 is 5.69 Å². The van der Waals surface area contributed by atoms with Crippen molar-refractivity contribution in [3.63, 3.8) is 0 Å². The maximum absolute atomic E-state index is 13.7. The number of halogens is 2. The first-order valence-corrected chi connectivity index (χ1v) is 10.2. The third-order valence-corrected chi connectivity index (χ3v) is 5.82. The maximum Gasteiger partial charge on any atom is 0.330 e. The Balaban J connectivity index is 1.81. The Labute approximate surface area is 186 Å². The van der Waals surface area contributed by atoms with E-state index in [2.05, 4.69) is 10.3 Å². The van der Waals surface area contributed by atoms with E-state index in [1.807, 2.05) is 0 Å². The van der Waals surface area contributed by atoms with Crippen LogP contribution in [0.3, 0.4) is 0 Å². The van der Waals surface area contributed by atoms with Crippen LogP contribution in [0.25, 0.3) is 0 Å². The molecule has 0 fully saturated rings. The number of nitrogens with one attached hydrogen (secondary N) is 2. The Bertz CT molecular complexity index is 1440. The molecule has 0 atom stereocenters. The average Bonchev–Trinajstić information content (AvgIpc) is 3.11. The van der Waals surface area contributed by atoms with Crippen LogP contribution in [0.15, 0.2) is 88.5 Å². The van der Waals surface area contributed by atoms with E-state index in [0.29, 0.717) is 11.1 Å². The molecule has 0 bridgehead atoms. The molecule has 164 valence electrons. The van der Waals surface area contributed by atoms with Crippen LogP contribution >= 0.6 is 0 Å². The lowest BCUT2D eigenvalue weighted by molar-refractivity contribution is -0.118. The second kappa shape index (κ2) is 7.67.